The van der Waals surface area contributed by atoms with Crippen molar-refractivity contribution < 1.29 is 0 Å². The zero-order chi connectivity index (χ0) is 16.4. The van der Waals surface area contributed by atoms with E-state index in [1.807, 2.05) is 12.1 Å². The van der Waals surface area contributed by atoms with Crippen molar-refractivity contribution in [1.82, 2.24) is 9.88 Å². The summed E-state index contributed by atoms with van der Waals surface area (Å²) < 4.78 is 2.25. The molecule has 1 aromatic heterocycles. The van der Waals surface area contributed by atoms with Crippen LogP contribution in [0.4, 0.5) is 0 Å². The number of aromatic nitrogens is 1. The minimum Gasteiger partial charge on any atom is -0.343 e. The van der Waals surface area contributed by atoms with Gasteiger partial charge in [-0.05, 0) is 29.3 Å². The zero-order valence-electron chi connectivity index (χ0n) is 13.7. The highest BCUT2D eigenvalue weighted by atomic mass is 35.5. The van der Waals surface area contributed by atoms with Gasteiger partial charge in [-0.3, -0.25) is 0 Å². The Hall–Kier alpha value is -1.19. The molecule has 0 unspecified atom stereocenters. The molecule has 2 aromatic carbocycles. The van der Waals surface area contributed by atoms with Crippen molar-refractivity contribution >= 4 is 46.5 Å². The molecule has 3 aromatic rings. The van der Waals surface area contributed by atoms with Gasteiger partial charge in [0.05, 0.1) is 0 Å². The number of nitrogens with zero attached hydrogens (tertiary/aromatic N) is 1. The first-order valence-corrected chi connectivity index (χ1v) is 8.54. The maximum atomic E-state index is 6.33. The van der Waals surface area contributed by atoms with Gasteiger partial charge in [0.1, 0.15) is 0 Å². The molecule has 1 N–H and O–H groups in total. The Labute approximate surface area is 159 Å². The van der Waals surface area contributed by atoms with Crippen molar-refractivity contribution in [3.63, 3.8) is 0 Å². The third-order valence-electron chi connectivity index (χ3n) is 3.93. The second kappa shape index (κ2) is 8.26. The molecule has 0 spiro atoms. The Balaban J connectivity index is 0.00000208. The molecule has 5 heteroatoms. The Morgan fingerprint density at radius 2 is 1.79 bits per heavy atom. The molecule has 0 saturated heterocycles. The zero-order valence-corrected chi connectivity index (χ0v) is 16.1. The van der Waals surface area contributed by atoms with Crippen molar-refractivity contribution in [2.75, 3.05) is 0 Å². The van der Waals surface area contributed by atoms with Crippen LogP contribution >= 0.6 is 35.6 Å². The molecule has 1 heterocycles. The molecule has 0 atom stereocenters. The third kappa shape index (κ3) is 4.25. The maximum Gasteiger partial charge on any atom is 0.0491 e. The van der Waals surface area contributed by atoms with Gasteiger partial charge in [0.2, 0.25) is 0 Å². The summed E-state index contributed by atoms with van der Waals surface area (Å²) in [7, 11) is 0. The van der Waals surface area contributed by atoms with Crippen LogP contribution in [0.1, 0.15) is 25.0 Å². The first-order chi connectivity index (χ1) is 11.0. The van der Waals surface area contributed by atoms with Crippen LogP contribution in [0, 0.1) is 0 Å². The summed E-state index contributed by atoms with van der Waals surface area (Å²) in [6.45, 7) is 5.91. The summed E-state index contributed by atoms with van der Waals surface area (Å²) in [5.41, 5.74) is 3.60. The second-order valence-corrected chi connectivity index (χ2v) is 6.91. The number of para-hydroxylation sites is 1. The maximum absolute atomic E-state index is 6.33. The number of hydrogen-bond donors (Lipinski definition) is 1. The van der Waals surface area contributed by atoms with Gasteiger partial charge in [-0.2, -0.15) is 0 Å². The summed E-state index contributed by atoms with van der Waals surface area (Å²) in [4.78, 5) is 0. The van der Waals surface area contributed by atoms with Crippen molar-refractivity contribution in [1.29, 1.82) is 0 Å². The largest absolute Gasteiger partial charge is 0.343 e. The van der Waals surface area contributed by atoms with E-state index in [0.29, 0.717) is 16.1 Å². The highest BCUT2D eigenvalue weighted by molar-refractivity contribution is 6.35. The van der Waals surface area contributed by atoms with Crippen LogP contribution in [0.25, 0.3) is 10.9 Å². The Kier molecular flexibility index (Phi) is 6.59. The van der Waals surface area contributed by atoms with Crippen LogP contribution < -0.4 is 5.32 Å². The van der Waals surface area contributed by atoms with Gasteiger partial charge >= 0.3 is 0 Å². The molecular weight excluding hydrogens is 363 g/mol. The van der Waals surface area contributed by atoms with E-state index in [2.05, 4.69) is 54.2 Å². The lowest BCUT2D eigenvalue weighted by molar-refractivity contribution is 0.589. The highest BCUT2D eigenvalue weighted by Crippen LogP contribution is 2.26. The smallest absolute Gasteiger partial charge is 0.0491 e. The molecule has 24 heavy (non-hydrogen) atoms. The average Bonchev–Trinajstić information content (AvgIpc) is 2.86. The fourth-order valence-corrected chi connectivity index (χ4v) is 3.21. The van der Waals surface area contributed by atoms with Crippen molar-refractivity contribution in [3.05, 3.63) is 69.8 Å². The van der Waals surface area contributed by atoms with E-state index in [1.165, 1.54) is 16.5 Å². The van der Waals surface area contributed by atoms with E-state index in [0.717, 1.165) is 18.7 Å². The van der Waals surface area contributed by atoms with Crippen LogP contribution in [-0.4, -0.2) is 10.6 Å². The molecule has 0 saturated carbocycles. The van der Waals surface area contributed by atoms with Crippen LogP contribution in [-0.2, 0) is 13.1 Å². The number of nitrogens with one attached hydrogen (secondary N) is 1. The summed E-state index contributed by atoms with van der Waals surface area (Å²) in [5.74, 6) is 0. The molecule has 2 nitrogen and oxygen atoms in total. The lowest BCUT2D eigenvalue weighted by atomic mass is 10.1. The summed E-state index contributed by atoms with van der Waals surface area (Å²) in [6, 6.07) is 14.6. The van der Waals surface area contributed by atoms with Gasteiger partial charge in [-0.1, -0.05) is 61.3 Å². The number of fused-ring (bicyclic) bond motifs is 1. The fourth-order valence-electron chi connectivity index (χ4n) is 2.74. The minimum atomic E-state index is 0. The van der Waals surface area contributed by atoms with Crippen molar-refractivity contribution in [3.8, 4) is 0 Å². The van der Waals surface area contributed by atoms with Gasteiger partial charge in [0.15, 0.2) is 0 Å². The monoisotopic (exact) mass is 382 g/mol. The normalized spacial score (nSPS) is 11.0. The third-order valence-corrected chi connectivity index (χ3v) is 4.51. The van der Waals surface area contributed by atoms with E-state index in [1.54, 1.807) is 6.07 Å². The number of hydrogen-bond acceptors (Lipinski definition) is 1. The number of halogens is 3. The lowest BCUT2D eigenvalue weighted by Gasteiger charge is -2.08. The molecule has 128 valence electrons. The minimum absolute atomic E-state index is 0. The van der Waals surface area contributed by atoms with Crippen LogP contribution in [0.5, 0.6) is 0 Å². The molecule has 0 aliphatic carbocycles. The predicted octanol–water partition coefficient (Wildman–Crippen LogP) is 5.92. The molecule has 0 bridgehead atoms. The molecule has 0 aliphatic rings. The SMILES string of the molecule is CC(C)NCc1cn(Cc2ccc(Cl)cc2Cl)c2ccccc12.Cl. The predicted molar refractivity (Wildman–Crippen MR) is 107 cm³/mol. The molecule has 0 fully saturated rings. The summed E-state index contributed by atoms with van der Waals surface area (Å²) in [5, 5.41) is 6.15. The molecule has 0 amide bonds. The van der Waals surface area contributed by atoms with Gasteiger partial charge in [0, 0.05) is 46.3 Å². The Bertz CT molecular complexity index is 825. The first-order valence-electron chi connectivity index (χ1n) is 7.78. The summed E-state index contributed by atoms with van der Waals surface area (Å²) >= 11 is 12.3. The van der Waals surface area contributed by atoms with Crippen LogP contribution in [0.15, 0.2) is 48.7 Å². The first kappa shape index (κ1) is 19.1. The van der Waals surface area contributed by atoms with Crippen LogP contribution in [0.3, 0.4) is 0 Å². The lowest BCUT2D eigenvalue weighted by Crippen LogP contribution is -2.21. The quantitative estimate of drug-likeness (QED) is 0.579. The van der Waals surface area contributed by atoms with E-state index in [-0.39, 0.29) is 12.4 Å². The van der Waals surface area contributed by atoms with Gasteiger partial charge in [-0.25, -0.2) is 0 Å². The molecule has 0 radical (unpaired) electrons. The highest BCUT2D eigenvalue weighted by Gasteiger charge is 2.10. The van der Waals surface area contributed by atoms with Gasteiger partial charge in [-0.15, -0.1) is 12.4 Å². The Morgan fingerprint density at radius 1 is 1.04 bits per heavy atom. The van der Waals surface area contributed by atoms with E-state index in [4.69, 9.17) is 23.2 Å². The Morgan fingerprint density at radius 3 is 2.50 bits per heavy atom. The van der Waals surface area contributed by atoms with Gasteiger partial charge in [0.25, 0.3) is 0 Å². The molecular formula is C19H21Cl3N2. The van der Waals surface area contributed by atoms with E-state index < -0.39 is 0 Å². The average molecular weight is 384 g/mol. The molecule has 0 aliphatic heterocycles. The van der Waals surface area contributed by atoms with Crippen molar-refractivity contribution in [2.45, 2.75) is 33.0 Å². The second-order valence-electron chi connectivity index (χ2n) is 6.07. The fraction of sp³-hybridized carbons (Fsp3) is 0.263. The standard InChI is InChI=1S/C19H20Cl2N2.ClH/c1-13(2)22-10-15-12-23(19-6-4-3-5-17(15)19)11-14-7-8-16(20)9-18(14)21;/h3-9,12-13,22H,10-11H2,1-2H3;1H. The topological polar surface area (TPSA) is 17.0 Å². The van der Waals surface area contributed by atoms with Crippen LogP contribution in [0.2, 0.25) is 10.0 Å². The van der Waals surface area contributed by atoms with Gasteiger partial charge < -0.3 is 9.88 Å². The molecule has 3 rings (SSSR count). The number of benzene rings is 2. The number of rotatable bonds is 5. The van der Waals surface area contributed by atoms with E-state index >= 15 is 0 Å². The van der Waals surface area contributed by atoms with E-state index in [9.17, 15) is 0 Å². The summed E-state index contributed by atoms with van der Waals surface area (Å²) in [6.07, 6.45) is 2.21. The van der Waals surface area contributed by atoms with Crippen molar-refractivity contribution in [2.24, 2.45) is 0 Å².